The number of aliphatic hydroxyl groups excluding tert-OH is 1. The van der Waals surface area contributed by atoms with Crippen molar-refractivity contribution in [1.82, 2.24) is 0 Å². The van der Waals surface area contributed by atoms with Gasteiger partial charge >= 0.3 is 0 Å². The number of ether oxygens (including phenoxy) is 1. The highest BCUT2D eigenvalue weighted by Gasteiger charge is 2.18. The van der Waals surface area contributed by atoms with Gasteiger partial charge in [0.2, 0.25) is 0 Å². The third-order valence-corrected chi connectivity index (χ3v) is 3.26. The van der Waals surface area contributed by atoms with Crippen molar-refractivity contribution in [3.8, 4) is 0 Å². The van der Waals surface area contributed by atoms with Crippen molar-refractivity contribution in [3.05, 3.63) is 70.5 Å². The maximum absolute atomic E-state index is 13.6. The Hall–Kier alpha value is -1.71. The highest BCUT2D eigenvalue weighted by atomic mass is 19.1. The van der Waals surface area contributed by atoms with Crippen LogP contribution < -0.4 is 0 Å². The summed E-state index contributed by atoms with van der Waals surface area (Å²) < 4.78 is 18.9. The average molecular weight is 244 g/mol. The van der Waals surface area contributed by atoms with E-state index in [4.69, 9.17) is 4.74 Å². The third-order valence-electron chi connectivity index (χ3n) is 3.26. The van der Waals surface area contributed by atoms with Gasteiger partial charge in [-0.2, -0.15) is 0 Å². The third kappa shape index (κ3) is 1.92. The quantitative estimate of drug-likeness (QED) is 0.880. The summed E-state index contributed by atoms with van der Waals surface area (Å²) >= 11 is 0. The lowest BCUT2D eigenvalue weighted by molar-refractivity contribution is 0.134. The van der Waals surface area contributed by atoms with Crippen molar-refractivity contribution in [2.24, 2.45) is 0 Å². The van der Waals surface area contributed by atoms with Crippen LogP contribution in [0.3, 0.4) is 0 Å². The fourth-order valence-electron chi connectivity index (χ4n) is 2.24. The van der Waals surface area contributed by atoms with E-state index in [2.05, 4.69) is 0 Å². The van der Waals surface area contributed by atoms with E-state index in [1.54, 1.807) is 18.2 Å². The molecule has 1 heterocycles. The second-order valence-electron chi connectivity index (χ2n) is 4.44. The van der Waals surface area contributed by atoms with Crippen LogP contribution in [0.25, 0.3) is 0 Å². The molecule has 92 valence electrons. The van der Waals surface area contributed by atoms with E-state index in [-0.39, 0.29) is 5.82 Å². The molecule has 2 aromatic rings. The van der Waals surface area contributed by atoms with E-state index in [1.807, 2.05) is 18.2 Å². The molecule has 18 heavy (non-hydrogen) atoms. The molecule has 0 bridgehead atoms. The molecule has 0 saturated heterocycles. The van der Waals surface area contributed by atoms with Gasteiger partial charge in [-0.05, 0) is 22.8 Å². The number of hydrogen-bond acceptors (Lipinski definition) is 2. The van der Waals surface area contributed by atoms with Crippen molar-refractivity contribution in [1.29, 1.82) is 0 Å². The summed E-state index contributed by atoms with van der Waals surface area (Å²) in [6, 6.07) is 11.9. The van der Waals surface area contributed by atoms with Gasteiger partial charge in [-0.3, -0.25) is 0 Å². The minimum absolute atomic E-state index is 0.302. The zero-order valence-corrected chi connectivity index (χ0v) is 9.77. The summed E-state index contributed by atoms with van der Waals surface area (Å²) in [6.45, 7) is 1.18. The van der Waals surface area contributed by atoms with Crippen LogP contribution in [0.1, 0.15) is 28.4 Å². The maximum Gasteiger partial charge on any atom is 0.129 e. The van der Waals surface area contributed by atoms with Gasteiger partial charge in [-0.1, -0.05) is 36.4 Å². The first-order valence-corrected chi connectivity index (χ1v) is 5.87. The molecule has 3 heteroatoms. The minimum Gasteiger partial charge on any atom is -0.384 e. The first-order chi connectivity index (χ1) is 8.75. The van der Waals surface area contributed by atoms with E-state index >= 15 is 0 Å². The number of hydrogen-bond donors (Lipinski definition) is 1. The molecule has 0 aliphatic carbocycles. The zero-order chi connectivity index (χ0) is 12.5. The standard InChI is InChI=1S/C15H13FO2/c16-14-4-2-1-3-13(14)15(17)10-5-6-11-8-18-9-12(11)7-10/h1-7,15,17H,8-9H2. The number of benzene rings is 2. The predicted molar refractivity (Wildman–Crippen MR) is 65.4 cm³/mol. The molecule has 1 aliphatic rings. The SMILES string of the molecule is OC(c1ccc2c(c1)COC2)c1ccccc1F. The Kier molecular flexibility index (Phi) is 2.86. The van der Waals surface area contributed by atoms with Crippen LogP contribution in [0.2, 0.25) is 0 Å². The van der Waals surface area contributed by atoms with Gasteiger partial charge in [0.1, 0.15) is 11.9 Å². The van der Waals surface area contributed by atoms with E-state index in [0.29, 0.717) is 24.3 Å². The molecule has 0 spiro atoms. The zero-order valence-electron chi connectivity index (χ0n) is 9.77. The number of fused-ring (bicyclic) bond motifs is 1. The van der Waals surface area contributed by atoms with Gasteiger partial charge in [0.25, 0.3) is 0 Å². The minimum atomic E-state index is -0.933. The highest BCUT2D eigenvalue weighted by Crippen LogP contribution is 2.28. The molecule has 0 saturated carbocycles. The fourth-order valence-corrected chi connectivity index (χ4v) is 2.24. The van der Waals surface area contributed by atoms with Gasteiger partial charge in [0, 0.05) is 5.56 Å². The Morgan fingerprint density at radius 1 is 1.06 bits per heavy atom. The van der Waals surface area contributed by atoms with Gasteiger partial charge in [-0.15, -0.1) is 0 Å². The molecule has 1 aliphatic heterocycles. The van der Waals surface area contributed by atoms with Gasteiger partial charge in [0.15, 0.2) is 0 Å². The van der Waals surface area contributed by atoms with Crippen LogP contribution in [0.15, 0.2) is 42.5 Å². The Bertz CT molecular complexity index is 580. The lowest BCUT2D eigenvalue weighted by Crippen LogP contribution is -2.03. The molecule has 0 aromatic heterocycles. The van der Waals surface area contributed by atoms with Crippen LogP contribution >= 0.6 is 0 Å². The van der Waals surface area contributed by atoms with Crippen LogP contribution in [0.5, 0.6) is 0 Å². The fraction of sp³-hybridized carbons (Fsp3) is 0.200. The topological polar surface area (TPSA) is 29.5 Å². The van der Waals surface area contributed by atoms with Crippen LogP contribution in [-0.2, 0) is 18.0 Å². The Morgan fingerprint density at radius 2 is 1.83 bits per heavy atom. The highest BCUT2D eigenvalue weighted by molar-refractivity contribution is 5.38. The summed E-state index contributed by atoms with van der Waals surface area (Å²) in [5.41, 5.74) is 3.21. The van der Waals surface area contributed by atoms with Crippen molar-refractivity contribution in [3.63, 3.8) is 0 Å². The maximum atomic E-state index is 13.6. The number of rotatable bonds is 2. The summed E-state index contributed by atoms with van der Waals surface area (Å²) in [5, 5.41) is 10.2. The normalized spacial score (nSPS) is 15.4. The summed E-state index contributed by atoms with van der Waals surface area (Å²) in [6.07, 6.45) is -0.933. The molecule has 1 unspecified atom stereocenters. The molecule has 1 atom stereocenters. The summed E-state index contributed by atoms with van der Waals surface area (Å²) in [4.78, 5) is 0. The predicted octanol–water partition coefficient (Wildman–Crippen LogP) is 2.94. The van der Waals surface area contributed by atoms with Gasteiger partial charge < -0.3 is 9.84 Å². The first-order valence-electron chi connectivity index (χ1n) is 5.87. The Balaban J connectivity index is 1.98. The number of aliphatic hydroxyl groups is 1. The summed E-state index contributed by atoms with van der Waals surface area (Å²) in [7, 11) is 0. The van der Waals surface area contributed by atoms with E-state index < -0.39 is 6.10 Å². The average Bonchev–Trinajstić information content (AvgIpc) is 2.85. The molecular weight excluding hydrogens is 231 g/mol. The molecule has 2 aromatic carbocycles. The largest absolute Gasteiger partial charge is 0.384 e. The van der Waals surface area contributed by atoms with Crippen molar-refractivity contribution in [2.45, 2.75) is 19.3 Å². The molecule has 0 fully saturated rings. The van der Waals surface area contributed by atoms with Crippen LogP contribution in [0.4, 0.5) is 4.39 Å². The van der Waals surface area contributed by atoms with E-state index in [9.17, 15) is 9.50 Å². The van der Waals surface area contributed by atoms with Crippen molar-refractivity contribution in [2.75, 3.05) is 0 Å². The monoisotopic (exact) mass is 244 g/mol. The van der Waals surface area contributed by atoms with Crippen molar-refractivity contribution >= 4 is 0 Å². The second kappa shape index (κ2) is 4.52. The molecular formula is C15H13FO2. The summed E-state index contributed by atoms with van der Waals surface area (Å²) in [5.74, 6) is -0.387. The molecule has 0 radical (unpaired) electrons. The van der Waals surface area contributed by atoms with E-state index in [0.717, 1.165) is 11.1 Å². The number of halogens is 1. The van der Waals surface area contributed by atoms with Gasteiger partial charge in [0.05, 0.1) is 13.2 Å². The van der Waals surface area contributed by atoms with E-state index in [1.165, 1.54) is 6.07 Å². The smallest absolute Gasteiger partial charge is 0.129 e. The van der Waals surface area contributed by atoms with Crippen LogP contribution in [0, 0.1) is 5.82 Å². The lowest BCUT2D eigenvalue weighted by Gasteiger charge is -2.13. The van der Waals surface area contributed by atoms with Crippen LogP contribution in [-0.4, -0.2) is 5.11 Å². The van der Waals surface area contributed by atoms with Crippen molar-refractivity contribution < 1.29 is 14.2 Å². The molecule has 3 rings (SSSR count). The molecule has 2 nitrogen and oxygen atoms in total. The second-order valence-corrected chi connectivity index (χ2v) is 4.44. The van der Waals surface area contributed by atoms with Gasteiger partial charge in [-0.25, -0.2) is 4.39 Å². The Labute approximate surface area is 105 Å². The molecule has 1 N–H and O–H groups in total. The molecule has 0 amide bonds. The Morgan fingerprint density at radius 3 is 2.67 bits per heavy atom. The lowest BCUT2D eigenvalue weighted by atomic mass is 9.98. The first kappa shape index (κ1) is 11.4.